The second kappa shape index (κ2) is 6.89. The molecule has 0 saturated carbocycles. The molecule has 0 radical (unpaired) electrons. The van der Waals surface area contributed by atoms with Crippen molar-refractivity contribution in [3.8, 4) is 0 Å². The first-order chi connectivity index (χ1) is 9.98. The third-order valence-corrected chi connectivity index (χ3v) is 3.38. The lowest BCUT2D eigenvalue weighted by atomic mass is 9.99. The molecule has 9 nitrogen and oxygen atoms in total. The standard InChI is InChI=1S/C12H21N3O6/c1-12(2)20-9-7(6-16)19-11(8(17)10(9)21-12)18-5-3-4-14-15-13/h7-11,16-17H,3-6H2,1-2H3/t7-,8-,9+,10-,11-/m1/s1. The lowest BCUT2D eigenvalue weighted by Gasteiger charge is -2.39. The Morgan fingerprint density at radius 1 is 1.33 bits per heavy atom. The third kappa shape index (κ3) is 3.83. The Kier molecular flexibility index (Phi) is 5.39. The fourth-order valence-corrected chi connectivity index (χ4v) is 2.52. The molecule has 9 heteroatoms. The number of rotatable bonds is 6. The number of fused-ring (bicyclic) bond motifs is 1. The molecule has 0 aromatic carbocycles. The van der Waals surface area contributed by atoms with Gasteiger partial charge >= 0.3 is 0 Å². The Morgan fingerprint density at radius 3 is 2.71 bits per heavy atom. The molecule has 2 saturated heterocycles. The van der Waals surface area contributed by atoms with Gasteiger partial charge in [-0.25, -0.2) is 0 Å². The van der Waals surface area contributed by atoms with Gasteiger partial charge in [0.05, 0.1) is 6.61 Å². The summed E-state index contributed by atoms with van der Waals surface area (Å²) in [5.74, 6) is -0.844. The van der Waals surface area contributed by atoms with Crippen LogP contribution < -0.4 is 0 Å². The molecule has 0 aromatic rings. The largest absolute Gasteiger partial charge is 0.394 e. The van der Waals surface area contributed by atoms with Gasteiger partial charge in [0.2, 0.25) is 0 Å². The van der Waals surface area contributed by atoms with Gasteiger partial charge in [0.1, 0.15) is 24.4 Å². The molecule has 120 valence electrons. The molecule has 0 bridgehead atoms. The number of azide groups is 1. The zero-order valence-electron chi connectivity index (χ0n) is 12.1. The summed E-state index contributed by atoms with van der Waals surface area (Å²) in [5.41, 5.74) is 8.17. The molecule has 21 heavy (non-hydrogen) atoms. The molecule has 0 spiro atoms. The summed E-state index contributed by atoms with van der Waals surface area (Å²) in [4.78, 5) is 2.64. The first kappa shape index (κ1) is 16.4. The SMILES string of the molecule is CC1(C)O[C@@H]2[C@@H](O)[C@H](OCCCN=[N+]=[N-])O[C@H](CO)[C@@H]2O1. The van der Waals surface area contributed by atoms with Crippen molar-refractivity contribution in [2.45, 2.75) is 56.8 Å². The summed E-state index contributed by atoms with van der Waals surface area (Å²) in [6.07, 6.45) is -3.19. The topological polar surface area (TPSA) is 126 Å². The van der Waals surface area contributed by atoms with Gasteiger partial charge in [0, 0.05) is 18.1 Å². The summed E-state index contributed by atoms with van der Waals surface area (Å²) < 4.78 is 22.3. The fourth-order valence-electron chi connectivity index (χ4n) is 2.52. The van der Waals surface area contributed by atoms with Crippen LogP contribution >= 0.6 is 0 Å². The molecule has 5 atom stereocenters. The molecule has 0 amide bonds. The van der Waals surface area contributed by atoms with Crippen LogP contribution in [0.15, 0.2) is 5.11 Å². The number of ether oxygens (including phenoxy) is 4. The van der Waals surface area contributed by atoms with Crippen LogP contribution in [-0.4, -0.2) is 66.5 Å². The Morgan fingerprint density at radius 2 is 2.05 bits per heavy atom. The first-order valence-electron chi connectivity index (χ1n) is 6.91. The molecule has 2 rings (SSSR count). The van der Waals surface area contributed by atoms with Gasteiger partial charge in [-0.2, -0.15) is 0 Å². The fraction of sp³-hybridized carbons (Fsp3) is 1.00. The highest BCUT2D eigenvalue weighted by molar-refractivity contribution is 4.96. The average molecular weight is 303 g/mol. The molecule has 2 fully saturated rings. The molecule has 2 aliphatic rings. The van der Waals surface area contributed by atoms with E-state index >= 15 is 0 Å². The van der Waals surface area contributed by atoms with Crippen LogP contribution in [0.2, 0.25) is 0 Å². The number of aliphatic hydroxyl groups is 2. The predicted molar refractivity (Wildman–Crippen MR) is 70.2 cm³/mol. The average Bonchev–Trinajstić information content (AvgIpc) is 2.77. The summed E-state index contributed by atoms with van der Waals surface area (Å²) in [6.45, 7) is 3.79. The van der Waals surface area contributed by atoms with E-state index < -0.39 is 36.5 Å². The zero-order chi connectivity index (χ0) is 15.5. The van der Waals surface area contributed by atoms with E-state index in [1.165, 1.54) is 0 Å². The van der Waals surface area contributed by atoms with Crippen LogP contribution in [0, 0.1) is 0 Å². The van der Waals surface area contributed by atoms with Crippen LogP contribution in [0.25, 0.3) is 10.4 Å². The van der Waals surface area contributed by atoms with Crippen LogP contribution in [0.3, 0.4) is 0 Å². The minimum Gasteiger partial charge on any atom is -0.394 e. The van der Waals surface area contributed by atoms with E-state index in [-0.39, 0.29) is 13.2 Å². The second-order valence-corrected chi connectivity index (χ2v) is 5.46. The minimum atomic E-state index is -1.01. The molecular formula is C12H21N3O6. The highest BCUT2D eigenvalue weighted by Gasteiger charge is 2.54. The van der Waals surface area contributed by atoms with Crippen molar-refractivity contribution < 1.29 is 29.2 Å². The van der Waals surface area contributed by atoms with Gasteiger partial charge in [0.15, 0.2) is 12.1 Å². The Hall–Kier alpha value is -0.930. The maximum atomic E-state index is 10.3. The maximum absolute atomic E-state index is 10.3. The lowest BCUT2D eigenvalue weighted by Crippen LogP contribution is -2.58. The maximum Gasteiger partial charge on any atom is 0.186 e. The smallest absolute Gasteiger partial charge is 0.186 e. The van der Waals surface area contributed by atoms with Crippen LogP contribution in [0.5, 0.6) is 0 Å². The van der Waals surface area contributed by atoms with E-state index in [4.69, 9.17) is 24.5 Å². The number of hydrogen-bond acceptors (Lipinski definition) is 7. The van der Waals surface area contributed by atoms with Crippen molar-refractivity contribution in [1.82, 2.24) is 0 Å². The summed E-state index contributed by atoms with van der Waals surface area (Å²) in [7, 11) is 0. The first-order valence-corrected chi connectivity index (χ1v) is 6.91. The second-order valence-electron chi connectivity index (χ2n) is 5.46. The monoisotopic (exact) mass is 303 g/mol. The summed E-state index contributed by atoms with van der Waals surface area (Å²) >= 11 is 0. The van der Waals surface area contributed by atoms with E-state index in [0.717, 1.165) is 0 Å². The van der Waals surface area contributed by atoms with Gasteiger partial charge in [-0.15, -0.1) is 0 Å². The summed E-state index contributed by atoms with van der Waals surface area (Å²) in [6, 6.07) is 0. The van der Waals surface area contributed by atoms with Crippen molar-refractivity contribution in [3.05, 3.63) is 10.4 Å². The van der Waals surface area contributed by atoms with Crippen molar-refractivity contribution in [2.75, 3.05) is 19.8 Å². The quantitative estimate of drug-likeness (QED) is 0.314. The number of nitrogens with zero attached hydrogens (tertiary/aromatic N) is 3. The molecule has 2 heterocycles. The number of aliphatic hydroxyl groups excluding tert-OH is 2. The normalized spacial score (nSPS) is 37.8. The van der Waals surface area contributed by atoms with Crippen LogP contribution in [0.1, 0.15) is 20.3 Å². The minimum absolute atomic E-state index is 0.258. The highest BCUT2D eigenvalue weighted by atomic mass is 16.8. The van der Waals surface area contributed by atoms with Crippen molar-refractivity contribution in [1.29, 1.82) is 0 Å². The molecule has 2 aliphatic heterocycles. The zero-order valence-corrected chi connectivity index (χ0v) is 12.1. The molecule has 2 N–H and O–H groups in total. The molecule has 0 aliphatic carbocycles. The van der Waals surface area contributed by atoms with E-state index in [0.29, 0.717) is 13.0 Å². The van der Waals surface area contributed by atoms with E-state index in [9.17, 15) is 10.2 Å². The van der Waals surface area contributed by atoms with Crippen LogP contribution in [0.4, 0.5) is 0 Å². The summed E-state index contributed by atoms with van der Waals surface area (Å²) in [5, 5.41) is 23.1. The Bertz CT molecular complexity index is 400. The van der Waals surface area contributed by atoms with Gasteiger partial charge in [0.25, 0.3) is 0 Å². The molecular weight excluding hydrogens is 282 g/mol. The Labute approximate surface area is 122 Å². The molecule has 0 unspecified atom stereocenters. The van der Waals surface area contributed by atoms with Gasteiger partial charge in [-0.05, 0) is 25.8 Å². The van der Waals surface area contributed by atoms with Crippen LogP contribution in [-0.2, 0) is 18.9 Å². The van der Waals surface area contributed by atoms with E-state index in [2.05, 4.69) is 10.0 Å². The van der Waals surface area contributed by atoms with Crippen molar-refractivity contribution in [3.63, 3.8) is 0 Å². The van der Waals surface area contributed by atoms with E-state index in [1.807, 2.05) is 0 Å². The molecule has 0 aromatic heterocycles. The Balaban J connectivity index is 1.93. The van der Waals surface area contributed by atoms with E-state index in [1.54, 1.807) is 13.8 Å². The van der Waals surface area contributed by atoms with Gasteiger partial charge in [-0.1, -0.05) is 5.11 Å². The highest BCUT2D eigenvalue weighted by Crippen LogP contribution is 2.37. The lowest BCUT2D eigenvalue weighted by molar-refractivity contribution is -0.282. The van der Waals surface area contributed by atoms with Crippen molar-refractivity contribution >= 4 is 0 Å². The van der Waals surface area contributed by atoms with Crippen molar-refractivity contribution in [2.24, 2.45) is 5.11 Å². The van der Waals surface area contributed by atoms with Gasteiger partial charge in [-0.3, -0.25) is 0 Å². The predicted octanol–water partition coefficient (Wildman–Crippen LogP) is 0.302. The number of hydrogen-bond donors (Lipinski definition) is 2. The third-order valence-electron chi connectivity index (χ3n) is 3.38. The van der Waals surface area contributed by atoms with Gasteiger partial charge < -0.3 is 29.2 Å².